The van der Waals surface area contributed by atoms with Crippen LogP contribution in [0.4, 0.5) is 28.9 Å². The van der Waals surface area contributed by atoms with Crippen LogP contribution >= 0.6 is 0 Å². The van der Waals surface area contributed by atoms with E-state index >= 15 is 0 Å². The Balaban J connectivity index is 1.83. The summed E-state index contributed by atoms with van der Waals surface area (Å²) >= 11 is 0. The molecule has 0 saturated carbocycles. The van der Waals surface area contributed by atoms with Crippen molar-refractivity contribution in [3.8, 4) is 0 Å². The van der Waals surface area contributed by atoms with Gasteiger partial charge in [-0.15, -0.1) is 0 Å². The Bertz CT molecular complexity index is 992. The number of nitrogens with one attached hydrogen (secondary N) is 1. The number of anilines is 1. The van der Waals surface area contributed by atoms with Gasteiger partial charge in [0.2, 0.25) is 0 Å². The Hall–Kier alpha value is -3.25. The van der Waals surface area contributed by atoms with Crippen molar-refractivity contribution in [2.24, 2.45) is 0 Å². The number of rotatable bonds is 6. The number of nitrogens with two attached hydrogens (primary N) is 1. The molecule has 0 radical (unpaired) electrons. The summed E-state index contributed by atoms with van der Waals surface area (Å²) in [5.41, 5.74) is 3.78. The molecule has 12 heteroatoms. The maximum Gasteiger partial charge on any atom is 0.416 e. The van der Waals surface area contributed by atoms with Gasteiger partial charge in [0, 0.05) is 19.6 Å². The van der Waals surface area contributed by atoms with Crippen LogP contribution in [0.15, 0.2) is 36.4 Å². The first kappa shape index (κ1) is 23.4. The van der Waals surface area contributed by atoms with E-state index in [1.165, 1.54) is 12.1 Å². The summed E-state index contributed by atoms with van der Waals surface area (Å²) in [6, 6.07) is 5.48. The molecular formula is C20H20F4N4O4. The first-order valence-electron chi connectivity index (χ1n) is 9.58. The highest BCUT2D eigenvalue weighted by Gasteiger charge is 2.31. The summed E-state index contributed by atoms with van der Waals surface area (Å²) in [7, 11) is 0. The smallest absolute Gasteiger partial charge is 0.393 e. The number of hydrogen-bond acceptors (Lipinski definition) is 6. The third kappa shape index (κ3) is 5.32. The monoisotopic (exact) mass is 456 g/mol. The average Bonchev–Trinajstić information content (AvgIpc) is 2.75. The Morgan fingerprint density at radius 2 is 1.84 bits per heavy atom. The average molecular weight is 456 g/mol. The van der Waals surface area contributed by atoms with Gasteiger partial charge in [0.05, 0.1) is 41.4 Å². The maximum atomic E-state index is 13.8. The van der Waals surface area contributed by atoms with E-state index in [0.29, 0.717) is 37.9 Å². The fraction of sp³-hybridized carbons (Fsp3) is 0.350. The van der Waals surface area contributed by atoms with Crippen LogP contribution in [0.1, 0.15) is 27.5 Å². The van der Waals surface area contributed by atoms with Crippen molar-refractivity contribution in [2.75, 3.05) is 38.6 Å². The molecule has 3 N–H and O–H groups in total. The van der Waals surface area contributed by atoms with Gasteiger partial charge in [-0.1, -0.05) is 12.1 Å². The number of morpholine rings is 1. The Morgan fingerprint density at radius 3 is 2.41 bits per heavy atom. The van der Waals surface area contributed by atoms with Crippen molar-refractivity contribution in [2.45, 2.75) is 12.2 Å². The molecule has 0 bridgehead atoms. The van der Waals surface area contributed by atoms with E-state index < -0.39 is 51.4 Å². The van der Waals surface area contributed by atoms with E-state index in [-0.39, 0.29) is 6.54 Å². The maximum absolute atomic E-state index is 13.8. The van der Waals surface area contributed by atoms with Crippen molar-refractivity contribution < 1.29 is 32.0 Å². The van der Waals surface area contributed by atoms with Crippen molar-refractivity contribution in [3.63, 3.8) is 0 Å². The standard InChI is InChI=1S/C20H20F4N4O4/c21-14-9-15(18(25)16(10-14)28(30)31)19(29)26-11-17(27-5-7-32-8-6-27)12-1-3-13(4-2-12)20(22,23)24/h1-4,9-10,17H,5-8,11,25H2,(H,26,29)/t17-/m1/s1. The molecule has 1 fully saturated rings. The van der Waals surface area contributed by atoms with Crippen LogP contribution in [0.25, 0.3) is 0 Å². The van der Waals surface area contributed by atoms with Crippen LogP contribution in [0.3, 0.4) is 0 Å². The highest BCUT2D eigenvalue weighted by atomic mass is 19.4. The van der Waals surface area contributed by atoms with Crippen molar-refractivity contribution in [1.82, 2.24) is 10.2 Å². The second-order valence-corrected chi connectivity index (χ2v) is 7.14. The molecule has 1 saturated heterocycles. The lowest BCUT2D eigenvalue weighted by Gasteiger charge is -2.35. The molecule has 2 aromatic rings. The van der Waals surface area contributed by atoms with Gasteiger partial charge >= 0.3 is 6.18 Å². The van der Waals surface area contributed by atoms with Gasteiger partial charge < -0.3 is 15.8 Å². The number of amides is 1. The minimum atomic E-state index is -4.48. The molecule has 1 aliphatic rings. The van der Waals surface area contributed by atoms with Crippen molar-refractivity contribution in [1.29, 1.82) is 0 Å². The minimum absolute atomic E-state index is 0.0477. The molecule has 1 heterocycles. The Morgan fingerprint density at radius 1 is 1.22 bits per heavy atom. The first-order valence-corrected chi connectivity index (χ1v) is 9.58. The van der Waals surface area contributed by atoms with Gasteiger partial charge in [-0.2, -0.15) is 13.2 Å². The summed E-state index contributed by atoms with van der Waals surface area (Å²) in [6.07, 6.45) is -4.48. The number of nitro groups is 1. The predicted octanol–water partition coefficient (Wildman–Crippen LogP) is 3.14. The third-order valence-corrected chi connectivity index (χ3v) is 5.13. The third-order valence-electron chi connectivity index (χ3n) is 5.13. The lowest BCUT2D eigenvalue weighted by Crippen LogP contribution is -2.44. The number of nitrogen functional groups attached to an aromatic ring is 1. The van der Waals surface area contributed by atoms with Crippen LogP contribution in [-0.4, -0.2) is 48.6 Å². The van der Waals surface area contributed by atoms with Crippen molar-refractivity contribution in [3.05, 3.63) is 69.0 Å². The van der Waals surface area contributed by atoms with Gasteiger partial charge in [-0.05, 0) is 23.8 Å². The zero-order valence-electron chi connectivity index (χ0n) is 16.7. The number of benzene rings is 2. The normalized spacial score (nSPS) is 15.9. The molecular weight excluding hydrogens is 436 g/mol. The van der Waals surface area contributed by atoms with Gasteiger partial charge in [0.1, 0.15) is 11.5 Å². The predicted molar refractivity (Wildman–Crippen MR) is 106 cm³/mol. The summed E-state index contributed by atoms with van der Waals surface area (Å²) in [4.78, 5) is 24.7. The molecule has 2 aromatic carbocycles. The van der Waals surface area contributed by atoms with Crippen LogP contribution in [0, 0.1) is 15.9 Å². The molecule has 1 aliphatic heterocycles. The molecule has 3 rings (SSSR count). The fourth-order valence-electron chi connectivity index (χ4n) is 3.47. The second-order valence-electron chi connectivity index (χ2n) is 7.14. The van der Waals surface area contributed by atoms with E-state index in [2.05, 4.69) is 5.32 Å². The van der Waals surface area contributed by atoms with E-state index in [9.17, 15) is 32.5 Å². The van der Waals surface area contributed by atoms with Crippen LogP contribution < -0.4 is 11.1 Å². The Kier molecular flexibility index (Phi) is 6.94. The molecule has 1 amide bonds. The molecule has 0 spiro atoms. The molecule has 0 aromatic heterocycles. The van der Waals surface area contributed by atoms with E-state index in [1.54, 1.807) is 0 Å². The summed E-state index contributed by atoms with van der Waals surface area (Å²) < 4.78 is 57.8. The zero-order chi connectivity index (χ0) is 23.5. The van der Waals surface area contributed by atoms with Gasteiger partial charge in [-0.3, -0.25) is 19.8 Å². The molecule has 0 aliphatic carbocycles. The fourth-order valence-corrected chi connectivity index (χ4v) is 3.47. The highest BCUT2D eigenvalue weighted by Crippen LogP contribution is 2.31. The number of carbonyl (C=O) groups is 1. The quantitative estimate of drug-likeness (QED) is 0.299. The number of nitrogens with zero attached hydrogens (tertiary/aromatic N) is 2. The molecule has 1 atom stereocenters. The number of halogens is 4. The lowest BCUT2D eigenvalue weighted by molar-refractivity contribution is -0.384. The molecule has 0 unspecified atom stereocenters. The number of carbonyl (C=O) groups excluding carboxylic acids is 1. The van der Waals surface area contributed by atoms with Crippen LogP contribution in [0.2, 0.25) is 0 Å². The first-order chi connectivity index (χ1) is 15.1. The van der Waals surface area contributed by atoms with Gasteiger partial charge in [0.15, 0.2) is 0 Å². The van der Waals surface area contributed by atoms with Gasteiger partial charge in [0.25, 0.3) is 11.6 Å². The zero-order valence-corrected chi connectivity index (χ0v) is 16.7. The Labute approximate surface area is 180 Å². The summed E-state index contributed by atoms with van der Waals surface area (Å²) in [6.45, 7) is 1.74. The van der Waals surface area contributed by atoms with E-state index in [4.69, 9.17) is 10.5 Å². The number of ether oxygens (including phenoxy) is 1. The minimum Gasteiger partial charge on any atom is -0.393 e. The van der Waals surface area contributed by atoms with Crippen molar-refractivity contribution >= 4 is 17.3 Å². The SMILES string of the molecule is Nc1c(C(=O)NC[C@H](c2ccc(C(F)(F)F)cc2)N2CCOCC2)cc(F)cc1[N+](=O)[O-]. The largest absolute Gasteiger partial charge is 0.416 e. The van der Waals surface area contributed by atoms with Crippen LogP contribution in [-0.2, 0) is 10.9 Å². The molecule has 32 heavy (non-hydrogen) atoms. The second kappa shape index (κ2) is 9.49. The van der Waals surface area contributed by atoms with Crippen LogP contribution in [0.5, 0.6) is 0 Å². The number of hydrogen-bond donors (Lipinski definition) is 2. The lowest BCUT2D eigenvalue weighted by atomic mass is 10.0. The number of alkyl halides is 3. The highest BCUT2D eigenvalue weighted by molar-refractivity contribution is 6.01. The molecule has 172 valence electrons. The van der Waals surface area contributed by atoms with E-state index in [1.807, 2.05) is 4.90 Å². The van der Waals surface area contributed by atoms with E-state index in [0.717, 1.165) is 18.2 Å². The molecule has 8 nitrogen and oxygen atoms in total. The summed E-state index contributed by atoms with van der Waals surface area (Å²) in [5.74, 6) is -1.83. The topological polar surface area (TPSA) is 111 Å². The number of nitro benzene ring substituents is 1. The van der Waals surface area contributed by atoms with Gasteiger partial charge in [-0.25, -0.2) is 4.39 Å². The summed E-state index contributed by atoms with van der Waals surface area (Å²) in [5, 5.41) is 13.6.